The normalized spacial score (nSPS) is 20.2. The summed E-state index contributed by atoms with van der Waals surface area (Å²) in [6.07, 6.45) is 2.68. The van der Waals surface area contributed by atoms with Crippen LogP contribution >= 0.6 is 0 Å². The Bertz CT molecular complexity index is 256. The number of hydrogen-bond acceptors (Lipinski definition) is 3. The molecule has 0 bridgehead atoms. The van der Waals surface area contributed by atoms with E-state index >= 15 is 0 Å². The van der Waals surface area contributed by atoms with Gasteiger partial charge < -0.3 is 15.3 Å². The fraction of sp³-hybridized carbons (Fsp3) is 0.818. The molecular weight excluding hydrogens is 208 g/mol. The molecule has 0 spiro atoms. The summed E-state index contributed by atoms with van der Waals surface area (Å²) in [7, 11) is 0. The predicted molar refractivity (Wildman–Crippen MR) is 59.7 cm³/mol. The van der Waals surface area contributed by atoms with Gasteiger partial charge in [-0.1, -0.05) is 13.3 Å². The Labute approximate surface area is 95.8 Å². The number of rotatable bonds is 6. The lowest BCUT2D eigenvalue weighted by atomic mass is 10.0. The highest BCUT2D eigenvalue weighted by atomic mass is 16.3. The minimum atomic E-state index is -0.195. The number of amides is 2. The number of nitrogens with zero attached hydrogens (tertiary/aromatic N) is 1. The maximum absolute atomic E-state index is 11.6. The van der Waals surface area contributed by atoms with Crippen molar-refractivity contribution in [2.24, 2.45) is 5.92 Å². The zero-order valence-electron chi connectivity index (χ0n) is 9.74. The van der Waals surface area contributed by atoms with Crippen LogP contribution in [0.1, 0.15) is 26.2 Å². The third-order valence-corrected chi connectivity index (χ3v) is 2.76. The van der Waals surface area contributed by atoms with Crippen molar-refractivity contribution in [3.8, 4) is 0 Å². The SMILES string of the molecule is CCCC1CC(=O)N(CC(=O)NCCO)C1. The molecule has 1 fully saturated rings. The Morgan fingerprint density at radius 3 is 3.00 bits per heavy atom. The summed E-state index contributed by atoms with van der Waals surface area (Å²) >= 11 is 0. The summed E-state index contributed by atoms with van der Waals surface area (Å²) in [5.41, 5.74) is 0. The fourth-order valence-electron chi connectivity index (χ4n) is 2.03. The van der Waals surface area contributed by atoms with E-state index in [1.54, 1.807) is 4.90 Å². The van der Waals surface area contributed by atoms with Crippen LogP contribution in [0.4, 0.5) is 0 Å². The first-order chi connectivity index (χ1) is 7.67. The van der Waals surface area contributed by atoms with Gasteiger partial charge >= 0.3 is 0 Å². The molecule has 0 aromatic heterocycles. The van der Waals surface area contributed by atoms with Crippen molar-refractivity contribution >= 4 is 11.8 Å². The zero-order chi connectivity index (χ0) is 12.0. The minimum Gasteiger partial charge on any atom is -0.395 e. The Kier molecular flexibility index (Phi) is 5.25. The van der Waals surface area contributed by atoms with Crippen LogP contribution in [0.15, 0.2) is 0 Å². The standard InChI is InChI=1S/C11H20N2O3/c1-2-3-9-6-11(16)13(7-9)8-10(15)12-4-5-14/h9,14H,2-8H2,1H3,(H,12,15). The number of likely N-dealkylation sites (tertiary alicyclic amines) is 1. The molecule has 0 radical (unpaired) electrons. The maximum Gasteiger partial charge on any atom is 0.239 e. The number of aliphatic hydroxyl groups excluding tert-OH is 1. The molecule has 1 heterocycles. The van der Waals surface area contributed by atoms with Crippen LogP contribution in [0.5, 0.6) is 0 Å². The van der Waals surface area contributed by atoms with Gasteiger partial charge in [-0.25, -0.2) is 0 Å². The molecule has 1 saturated heterocycles. The van der Waals surface area contributed by atoms with Crippen LogP contribution in [0.2, 0.25) is 0 Å². The zero-order valence-corrected chi connectivity index (χ0v) is 9.74. The second-order valence-electron chi connectivity index (χ2n) is 4.21. The van der Waals surface area contributed by atoms with Crippen molar-refractivity contribution < 1.29 is 14.7 Å². The van der Waals surface area contributed by atoms with Crippen LogP contribution in [-0.4, -0.2) is 48.1 Å². The molecule has 0 aromatic carbocycles. The van der Waals surface area contributed by atoms with Crippen molar-refractivity contribution in [1.82, 2.24) is 10.2 Å². The van der Waals surface area contributed by atoms with Gasteiger partial charge in [0.05, 0.1) is 13.2 Å². The minimum absolute atomic E-state index is 0.0672. The second-order valence-corrected chi connectivity index (χ2v) is 4.21. The van der Waals surface area contributed by atoms with Crippen molar-refractivity contribution in [2.75, 3.05) is 26.2 Å². The Morgan fingerprint density at radius 1 is 1.62 bits per heavy atom. The lowest BCUT2D eigenvalue weighted by molar-refractivity contribution is -0.133. The predicted octanol–water partition coefficient (Wildman–Crippen LogP) is -0.256. The summed E-state index contributed by atoms with van der Waals surface area (Å²) in [5.74, 6) is 0.278. The van der Waals surface area contributed by atoms with E-state index in [2.05, 4.69) is 12.2 Å². The third-order valence-electron chi connectivity index (χ3n) is 2.76. The van der Waals surface area contributed by atoms with Gasteiger partial charge in [0.15, 0.2) is 0 Å². The first-order valence-corrected chi connectivity index (χ1v) is 5.82. The lowest BCUT2D eigenvalue weighted by Crippen LogP contribution is -2.39. The van der Waals surface area contributed by atoms with Crippen molar-refractivity contribution in [2.45, 2.75) is 26.2 Å². The van der Waals surface area contributed by atoms with Gasteiger partial charge in [0, 0.05) is 19.5 Å². The molecule has 5 nitrogen and oxygen atoms in total. The van der Waals surface area contributed by atoms with Crippen molar-refractivity contribution in [1.29, 1.82) is 0 Å². The van der Waals surface area contributed by atoms with E-state index in [1.807, 2.05) is 0 Å². The summed E-state index contributed by atoms with van der Waals surface area (Å²) in [6.45, 7) is 3.09. The van der Waals surface area contributed by atoms with E-state index < -0.39 is 0 Å². The largest absolute Gasteiger partial charge is 0.395 e. The van der Waals surface area contributed by atoms with Crippen LogP contribution in [-0.2, 0) is 9.59 Å². The van der Waals surface area contributed by atoms with Crippen molar-refractivity contribution in [3.63, 3.8) is 0 Å². The highest BCUT2D eigenvalue weighted by molar-refractivity contribution is 5.86. The molecule has 2 N–H and O–H groups in total. The summed E-state index contributed by atoms with van der Waals surface area (Å²) in [5, 5.41) is 11.1. The quantitative estimate of drug-likeness (QED) is 0.658. The van der Waals surface area contributed by atoms with Crippen molar-refractivity contribution in [3.05, 3.63) is 0 Å². The molecule has 1 rings (SSSR count). The van der Waals surface area contributed by atoms with E-state index in [9.17, 15) is 9.59 Å². The van der Waals surface area contributed by atoms with E-state index in [1.165, 1.54) is 0 Å². The van der Waals surface area contributed by atoms with Crippen LogP contribution < -0.4 is 5.32 Å². The number of hydrogen-bond donors (Lipinski definition) is 2. The van der Waals surface area contributed by atoms with E-state index in [0.717, 1.165) is 12.8 Å². The van der Waals surface area contributed by atoms with Gasteiger partial charge in [-0.2, -0.15) is 0 Å². The molecule has 5 heteroatoms. The molecule has 92 valence electrons. The molecule has 16 heavy (non-hydrogen) atoms. The van der Waals surface area contributed by atoms with E-state index in [0.29, 0.717) is 18.9 Å². The van der Waals surface area contributed by atoms with Gasteiger partial charge in [-0.05, 0) is 12.3 Å². The Balaban J connectivity index is 2.32. The summed E-state index contributed by atoms with van der Waals surface area (Å²) in [4.78, 5) is 24.5. The number of aliphatic hydroxyl groups is 1. The maximum atomic E-state index is 11.6. The molecule has 2 amide bonds. The molecule has 0 saturated carbocycles. The first-order valence-electron chi connectivity index (χ1n) is 5.82. The van der Waals surface area contributed by atoms with Crippen LogP contribution in [0.25, 0.3) is 0 Å². The fourth-order valence-corrected chi connectivity index (χ4v) is 2.03. The molecule has 0 aliphatic carbocycles. The smallest absolute Gasteiger partial charge is 0.239 e. The monoisotopic (exact) mass is 228 g/mol. The van der Waals surface area contributed by atoms with Gasteiger partial charge in [-0.3, -0.25) is 9.59 Å². The number of carbonyl (C=O) groups is 2. The summed E-state index contributed by atoms with van der Waals surface area (Å²) < 4.78 is 0. The van der Waals surface area contributed by atoms with Gasteiger partial charge in [0.1, 0.15) is 0 Å². The molecule has 1 aliphatic heterocycles. The Morgan fingerprint density at radius 2 is 2.38 bits per heavy atom. The average molecular weight is 228 g/mol. The second kappa shape index (κ2) is 6.48. The lowest BCUT2D eigenvalue weighted by Gasteiger charge is -2.15. The highest BCUT2D eigenvalue weighted by Gasteiger charge is 2.29. The van der Waals surface area contributed by atoms with Crippen LogP contribution in [0, 0.1) is 5.92 Å². The molecule has 1 atom stereocenters. The highest BCUT2D eigenvalue weighted by Crippen LogP contribution is 2.21. The van der Waals surface area contributed by atoms with Crippen LogP contribution in [0.3, 0.4) is 0 Å². The average Bonchev–Trinajstić information content (AvgIpc) is 2.57. The van der Waals surface area contributed by atoms with E-state index in [-0.39, 0.29) is 31.5 Å². The molecule has 1 unspecified atom stereocenters. The third kappa shape index (κ3) is 3.81. The Hall–Kier alpha value is -1.10. The van der Waals surface area contributed by atoms with Gasteiger partial charge in [0.25, 0.3) is 0 Å². The number of nitrogens with one attached hydrogen (secondary N) is 1. The summed E-state index contributed by atoms with van der Waals surface area (Å²) in [6, 6.07) is 0. The van der Waals surface area contributed by atoms with Gasteiger partial charge in [-0.15, -0.1) is 0 Å². The molecule has 0 aromatic rings. The molecule has 1 aliphatic rings. The molecular formula is C11H20N2O3. The van der Waals surface area contributed by atoms with Gasteiger partial charge in [0.2, 0.25) is 11.8 Å². The number of carbonyl (C=O) groups excluding carboxylic acids is 2. The van der Waals surface area contributed by atoms with E-state index in [4.69, 9.17) is 5.11 Å². The topological polar surface area (TPSA) is 69.6 Å². The first kappa shape index (κ1) is 13.0.